The van der Waals surface area contributed by atoms with Crippen LogP contribution in [0, 0.1) is 0 Å². The monoisotopic (exact) mass is 469 g/mol. The second-order valence-electron chi connectivity index (χ2n) is 7.34. The zero-order chi connectivity index (χ0) is 22.8. The molecule has 1 aliphatic heterocycles. The molecular formula is C21H22F3N3O4S. The predicted octanol–water partition coefficient (Wildman–Crippen LogP) is 4.00. The molecule has 0 bridgehead atoms. The molecule has 172 valence electrons. The molecule has 0 spiro atoms. The van der Waals surface area contributed by atoms with Crippen LogP contribution in [-0.2, 0) is 20.9 Å². The van der Waals surface area contributed by atoms with Crippen molar-refractivity contribution in [3.63, 3.8) is 0 Å². The molecule has 1 saturated heterocycles. The molecule has 2 heterocycles. The van der Waals surface area contributed by atoms with Crippen molar-refractivity contribution in [1.29, 1.82) is 0 Å². The van der Waals surface area contributed by atoms with Gasteiger partial charge in [-0.1, -0.05) is 12.1 Å². The lowest BCUT2D eigenvalue weighted by Crippen LogP contribution is -2.39. The topological polar surface area (TPSA) is 83.8 Å². The summed E-state index contributed by atoms with van der Waals surface area (Å²) in [6.45, 7) is 4.34. The molecule has 1 aliphatic rings. The van der Waals surface area contributed by atoms with Gasteiger partial charge in [-0.25, -0.2) is 8.42 Å². The molecule has 11 heteroatoms. The SMILES string of the molecule is O=S(=O)(Nc1cc(NCCN2CCOCC2)c2occc2c1)c1ccccc1C(F)(F)F. The standard InChI is InChI=1S/C21H22F3N3O4S/c22-21(23,24)17-3-1-2-4-19(17)32(28,29)26-16-13-15-5-10-31-20(15)18(14-16)25-6-7-27-8-11-30-12-9-27/h1-5,10,13-14,25-26H,6-9,11-12H2. The van der Waals surface area contributed by atoms with E-state index in [0.717, 1.165) is 37.8 Å². The Kier molecular flexibility index (Phi) is 6.31. The zero-order valence-electron chi connectivity index (χ0n) is 17.0. The summed E-state index contributed by atoms with van der Waals surface area (Å²) in [5.74, 6) is 0. The molecule has 0 radical (unpaired) electrons. The highest BCUT2D eigenvalue weighted by Crippen LogP contribution is 2.35. The molecule has 0 atom stereocenters. The van der Waals surface area contributed by atoms with Gasteiger partial charge in [-0.15, -0.1) is 0 Å². The van der Waals surface area contributed by atoms with Gasteiger partial charge in [0, 0.05) is 31.6 Å². The Morgan fingerprint density at radius 3 is 2.56 bits per heavy atom. The Morgan fingerprint density at radius 1 is 1.06 bits per heavy atom. The average molecular weight is 469 g/mol. The Morgan fingerprint density at radius 2 is 1.81 bits per heavy atom. The van der Waals surface area contributed by atoms with Crippen molar-refractivity contribution in [1.82, 2.24) is 4.90 Å². The Labute approximate surface area is 183 Å². The van der Waals surface area contributed by atoms with Gasteiger partial charge in [0.2, 0.25) is 0 Å². The second-order valence-corrected chi connectivity index (χ2v) is 8.99. The number of rotatable bonds is 7. The number of morpholine rings is 1. The number of ether oxygens (including phenoxy) is 1. The summed E-state index contributed by atoms with van der Waals surface area (Å²) >= 11 is 0. The molecule has 7 nitrogen and oxygen atoms in total. The first kappa shape index (κ1) is 22.4. The highest BCUT2D eigenvalue weighted by molar-refractivity contribution is 7.92. The third-order valence-electron chi connectivity index (χ3n) is 5.13. The summed E-state index contributed by atoms with van der Waals surface area (Å²) in [6, 6.07) is 8.76. The Bertz CT molecular complexity index is 1190. The van der Waals surface area contributed by atoms with E-state index in [1.54, 1.807) is 6.07 Å². The number of benzene rings is 2. The van der Waals surface area contributed by atoms with Crippen molar-refractivity contribution in [2.24, 2.45) is 0 Å². The Balaban J connectivity index is 1.57. The number of hydrogen-bond acceptors (Lipinski definition) is 6. The molecule has 32 heavy (non-hydrogen) atoms. The van der Waals surface area contributed by atoms with E-state index in [1.807, 2.05) is 0 Å². The van der Waals surface area contributed by atoms with Crippen molar-refractivity contribution >= 4 is 32.4 Å². The molecular weight excluding hydrogens is 447 g/mol. The maximum Gasteiger partial charge on any atom is 0.417 e. The van der Waals surface area contributed by atoms with Crippen molar-refractivity contribution in [2.45, 2.75) is 11.1 Å². The molecule has 0 amide bonds. The van der Waals surface area contributed by atoms with Crippen molar-refractivity contribution < 1.29 is 30.7 Å². The molecule has 4 rings (SSSR count). The van der Waals surface area contributed by atoms with Gasteiger partial charge in [-0.2, -0.15) is 13.2 Å². The third-order valence-corrected chi connectivity index (χ3v) is 6.57. The first-order chi connectivity index (χ1) is 15.2. The van der Waals surface area contributed by atoms with Crippen LogP contribution in [0.15, 0.2) is 58.0 Å². The lowest BCUT2D eigenvalue weighted by atomic mass is 10.2. The number of fused-ring (bicyclic) bond motifs is 1. The molecule has 1 fully saturated rings. The second kappa shape index (κ2) is 9.00. The number of furan rings is 1. The normalized spacial score (nSPS) is 15.7. The fourth-order valence-corrected chi connectivity index (χ4v) is 4.86. The number of anilines is 2. The third kappa shape index (κ3) is 5.00. The fraction of sp³-hybridized carbons (Fsp3) is 0.333. The maximum absolute atomic E-state index is 13.3. The summed E-state index contributed by atoms with van der Waals surface area (Å²) < 4.78 is 78.7. The van der Waals surface area contributed by atoms with Gasteiger partial charge in [-0.05, 0) is 30.3 Å². The van der Waals surface area contributed by atoms with E-state index in [-0.39, 0.29) is 5.69 Å². The summed E-state index contributed by atoms with van der Waals surface area (Å²) in [7, 11) is -4.48. The highest BCUT2D eigenvalue weighted by atomic mass is 32.2. The lowest BCUT2D eigenvalue weighted by molar-refractivity contribution is -0.139. The van der Waals surface area contributed by atoms with E-state index in [4.69, 9.17) is 9.15 Å². The predicted molar refractivity (Wildman–Crippen MR) is 114 cm³/mol. The largest absolute Gasteiger partial charge is 0.462 e. The molecule has 3 aromatic rings. The van der Waals surface area contributed by atoms with Gasteiger partial charge < -0.3 is 14.5 Å². The summed E-state index contributed by atoms with van der Waals surface area (Å²) in [4.78, 5) is 1.40. The number of hydrogen-bond donors (Lipinski definition) is 2. The van der Waals surface area contributed by atoms with E-state index in [1.165, 1.54) is 24.5 Å². The van der Waals surface area contributed by atoms with Crippen LogP contribution in [0.2, 0.25) is 0 Å². The minimum absolute atomic E-state index is 0.129. The smallest absolute Gasteiger partial charge is 0.417 e. The van der Waals surface area contributed by atoms with Gasteiger partial charge in [0.05, 0.1) is 41.3 Å². The van der Waals surface area contributed by atoms with Crippen molar-refractivity contribution in [3.8, 4) is 0 Å². The van der Waals surface area contributed by atoms with Gasteiger partial charge >= 0.3 is 6.18 Å². The summed E-state index contributed by atoms with van der Waals surface area (Å²) in [6.07, 6.45) is -3.33. The quantitative estimate of drug-likeness (QED) is 0.544. The van der Waals surface area contributed by atoms with Crippen LogP contribution in [0.25, 0.3) is 11.0 Å². The van der Waals surface area contributed by atoms with Gasteiger partial charge in [0.25, 0.3) is 10.0 Å². The number of alkyl halides is 3. The van der Waals surface area contributed by atoms with E-state index in [0.29, 0.717) is 36.4 Å². The van der Waals surface area contributed by atoms with Crippen LogP contribution in [0.4, 0.5) is 24.5 Å². The lowest BCUT2D eigenvalue weighted by Gasteiger charge is -2.26. The molecule has 2 N–H and O–H groups in total. The van der Waals surface area contributed by atoms with Crippen LogP contribution in [0.5, 0.6) is 0 Å². The van der Waals surface area contributed by atoms with E-state index < -0.39 is 26.7 Å². The molecule has 1 aromatic heterocycles. The number of nitrogens with zero attached hydrogens (tertiary/aromatic N) is 1. The average Bonchev–Trinajstić information content (AvgIpc) is 3.22. The van der Waals surface area contributed by atoms with Crippen LogP contribution in [0.1, 0.15) is 5.56 Å². The van der Waals surface area contributed by atoms with Crippen LogP contribution in [-0.4, -0.2) is 52.7 Å². The van der Waals surface area contributed by atoms with Gasteiger partial charge in [0.1, 0.15) is 0 Å². The Hall–Kier alpha value is -2.76. The van der Waals surface area contributed by atoms with Crippen molar-refractivity contribution in [2.75, 3.05) is 49.4 Å². The van der Waals surface area contributed by atoms with E-state index >= 15 is 0 Å². The number of sulfonamides is 1. The number of nitrogens with one attached hydrogen (secondary N) is 2. The van der Waals surface area contributed by atoms with E-state index in [2.05, 4.69) is 14.9 Å². The van der Waals surface area contributed by atoms with Crippen LogP contribution >= 0.6 is 0 Å². The zero-order valence-corrected chi connectivity index (χ0v) is 17.8. The highest BCUT2D eigenvalue weighted by Gasteiger charge is 2.37. The molecule has 0 saturated carbocycles. The van der Waals surface area contributed by atoms with Gasteiger partial charge in [-0.3, -0.25) is 9.62 Å². The first-order valence-corrected chi connectivity index (χ1v) is 11.5. The van der Waals surface area contributed by atoms with E-state index in [9.17, 15) is 21.6 Å². The fourth-order valence-electron chi connectivity index (χ4n) is 3.59. The molecule has 2 aromatic carbocycles. The van der Waals surface area contributed by atoms with Crippen molar-refractivity contribution in [3.05, 3.63) is 54.3 Å². The van der Waals surface area contributed by atoms with Crippen LogP contribution in [0.3, 0.4) is 0 Å². The molecule has 0 unspecified atom stereocenters. The summed E-state index contributed by atoms with van der Waals surface area (Å²) in [5.41, 5.74) is -0.0151. The maximum atomic E-state index is 13.3. The van der Waals surface area contributed by atoms with Gasteiger partial charge in [0.15, 0.2) is 5.58 Å². The number of halogens is 3. The minimum Gasteiger partial charge on any atom is -0.462 e. The summed E-state index contributed by atoms with van der Waals surface area (Å²) in [5, 5.41) is 3.85. The first-order valence-electron chi connectivity index (χ1n) is 9.98. The molecule has 0 aliphatic carbocycles. The van der Waals surface area contributed by atoms with Crippen LogP contribution < -0.4 is 10.0 Å². The minimum atomic E-state index is -4.80.